The lowest BCUT2D eigenvalue weighted by atomic mass is 10.1. The summed E-state index contributed by atoms with van der Waals surface area (Å²) in [4.78, 5) is 8.48. The van der Waals surface area contributed by atoms with E-state index in [9.17, 15) is 0 Å². The first-order chi connectivity index (χ1) is 7.13. The molecule has 1 aliphatic rings. The van der Waals surface area contributed by atoms with Crippen LogP contribution in [0.15, 0.2) is 33.7 Å². The number of rotatable bonds is 3. The van der Waals surface area contributed by atoms with E-state index in [1.54, 1.807) is 0 Å². The quantitative estimate of drug-likeness (QED) is 0.706. The maximum Gasteiger partial charge on any atom is 0.0589 e. The number of nitrogens with one attached hydrogen (secondary N) is 1. The molecule has 0 aromatic carbocycles. The number of hydrogen-bond donors (Lipinski definition) is 1. The molecule has 1 rings (SSSR count). The van der Waals surface area contributed by atoms with Crippen molar-refractivity contribution in [3.05, 3.63) is 23.7 Å². The van der Waals surface area contributed by atoms with Gasteiger partial charge in [0.25, 0.3) is 0 Å². The Bertz CT molecular complexity index is 333. The number of allylic oxidation sites excluding steroid dienone is 3. The Morgan fingerprint density at radius 1 is 1.60 bits per heavy atom. The molecule has 0 atom stereocenters. The van der Waals surface area contributed by atoms with Gasteiger partial charge in [-0.05, 0) is 12.8 Å². The van der Waals surface area contributed by atoms with E-state index < -0.39 is 0 Å². The van der Waals surface area contributed by atoms with E-state index in [4.69, 9.17) is 0 Å². The molecule has 0 saturated carbocycles. The third kappa shape index (κ3) is 3.70. The van der Waals surface area contributed by atoms with E-state index in [2.05, 4.69) is 35.2 Å². The Kier molecular flexibility index (Phi) is 4.28. The second-order valence-corrected chi connectivity index (χ2v) is 3.95. The molecular formula is C12H19N3. The molecule has 15 heavy (non-hydrogen) atoms. The van der Waals surface area contributed by atoms with Gasteiger partial charge in [-0.25, -0.2) is 0 Å². The molecular weight excluding hydrogens is 186 g/mol. The molecule has 1 N–H and O–H groups in total. The van der Waals surface area contributed by atoms with Crippen molar-refractivity contribution in [2.45, 2.75) is 27.2 Å². The lowest BCUT2D eigenvalue weighted by molar-refractivity contribution is 0.743. The van der Waals surface area contributed by atoms with E-state index in [1.165, 1.54) is 0 Å². The summed E-state index contributed by atoms with van der Waals surface area (Å²) in [5.74, 6) is 0.467. The lowest BCUT2D eigenvalue weighted by Gasteiger charge is -2.13. The predicted octanol–water partition coefficient (Wildman–Crippen LogP) is 2.52. The fraction of sp³-hybridized carbons (Fsp3) is 0.500. The number of aliphatic imine (C=N–C) groups is 2. The van der Waals surface area contributed by atoms with Gasteiger partial charge in [-0.3, -0.25) is 9.98 Å². The van der Waals surface area contributed by atoms with Gasteiger partial charge in [-0.1, -0.05) is 19.9 Å². The summed E-state index contributed by atoms with van der Waals surface area (Å²) in [5.41, 5.74) is 3.26. The summed E-state index contributed by atoms with van der Waals surface area (Å²) in [6, 6.07) is 0. The second kappa shape index (κ2) is 5.49. The van der Waals surface area contributed by atoms with E-state index >= 15 is 0 Å². The van der Waals surface area contributed by atoms with Crippen LogP contribution in [0.2, 0.25) is 0 Å². The van der Waals surface area contributed by atoms with Gasteiger partial charge in [-0.2, -0.15) is 0 Å². The van der Waals surface area contributed by atoms with Gasteiger partial charge >= 0.3 is 0 Å². The standard InChI is InChI=1S/C12H19N3/c1-9(2)12-8-14-11(7-15-12)6-5-10(3)13-4/h6-9,14H,5H2,1-4H3/b11-6-,13-10+. The van der Waals surface area contributed by atoms with Crippen LogP contribution in [0.25, 0.3) is 0 Å². The van der Waals surface area contributed by atoms with Crippen molar-refractivity contribution in [1.82, 2.24) is 5.32 Å². The molecule has 3 nitrogen and oxygen atoms in total. The Morgan fingerprint density at radius 3 is 2.80 bits per heavy atom. The molecule has 0 fully saturated rings. The van der Waals surface area contributed by atoms with Crippen molar-refractivity contribution in [1.29, 1.82) is 0 Å². The van der Waals surface area contributed by atoms with Gasteiger partial charge in [-0.15, -0.1) is 0 Å². The van der Waals surface area contributed by atoms with Crippen LogP contribution in [-0.2, 0) is 0 Å². The molecule has 0 unspecified atom stereocenters. The zero-order chi connectivity index (χ0) is 11.3. The van der Waals surface area contributed by atoms with Gasteiger partial charge in [0, 0.05) is 25.4 Å². The molecule has 1 heterocycles. The SMILES string of the molecule is C/N=C(\C)C/C=C1/C=NC(C(C)C)=CN1. The highest BCUT2D eigenvalue weighted by molar-refractivity contribution is 5.86. The lowest BCUT2D eigenvalue weighted by Crippen LogP contribution is -2.13. The highest BCUT2D eigenvalue weighted by Crippen LogP contribution is 2.12. The molecule has 82 valence electrons. The minimum absolute atomic E-state index is 0.467. The average Bonchev–Trinajstić information content (AvgIpc) is 2.26. The molecule has 0 amide bonds. The Hall–Kier alpha value is -1.38. The van der Waals surface area contributed by atoms with E-state index in [1.807, 2.05) is 26.4 Å². The smallest absolute Gasteiger partial charge is 0.0589 e. The van der Waals surface area contributed by atoms with Crippen LogP contribution in [0.5, 0.6) is 0 Å². The summed E-state index contributed by atoms with van der Waals surface area (Å²) >= 11 is 0. The van der Waals surface area contributed by atoms with Crippen LogP contribution in [0.1, 0.15) is 27.2 Å². The zero-order valence-corrected chi connectivity index (χ0v) is 9.91. The normalized spacial score (nSPS) is 19.4. The first kappa shape index (κ1) is 11.7. The molecule has 3 heteroatoms. The van der Waals surface area contributed by atoms with Crippen LogP contribution >= 0.6 is 0 Å². The average molecular weight is 205 g/mol. The van der Waals surface area contributed by atoms with E-state index in [0.717, 1.165) is 23.5 Å². The fourth-order valence-electron chi connectivity index (χ4n) is 1.15. The second-order valence-electron chi connectivity index (χ2n) is 3.95. The molecule has 0 radical (unpaired) electrons. The number of hydrogen-bond acceptors (Lipinski definition) is 3. The fourth-order valence-corrected chi connectivity index (χ4v) is 1.15. The molecule has 0 aromatic heterocycles. The van der Waals surface area contributed by atoms with Gasteiger partial charge in [0.05, 0.1) is 17.6 Å². The summed E-state index contributed by atoms with van der Waals surface area (Å²) in [6.07, 6.45) is 6.81. The van der Waals surface area contributed by atoms with E-state index in [0.29, 0.717) is 5.92 Å². The van der Waals surface area contributed by atoms with E-state index in [-0.39, 0.29) is 0 Å². The molecule has 0 aliphatic carbocycles. The van der Waals surface area contributed by atoms with Crippen LogP contribution in [0.3, 0.4) is 0 Å². The van der Waals surface area contributed by atoms with Crippen molar-refractivity contribution in [2.24, 2.45) is 15.9 Å². The molecule has 1 aliphatic heterocycles. The monoisotopic (exact) mass is 205 g/mol. The first-order valence-corrected chi connectivity index (χ1v) is 5.26. The third-order valence-corrected chi connectivity index (χ3v) is 2.33. The van der Waals surface area contributed by atoms with Gasteiger partial charge in [0.15, 0.2) is 0 Å². The van der Waals surface area contributed by atoms with Crippen molar-refractivity contribution in [3.63, 3.8) is 0 Å². The van der Waals surface area contributed by atoms with Crippen LogP contribution in [0.4, 0.5) is 0 Å². The van der Waals surface area contributed by atoms with Crippen molar-refractivity contribution < 1.29 is 0 Å². The molecule has 0 bridgehead atoms. The predicted molar refractivity (Wildman–Crippen MR) is 66.3 cm³/mol. The molecule has 0 spiro atoms. The minimum Gasteiger partial charge on any atom is -0.359 e. The third-order valence-electron chi connectivity index (χ3n) is 2.33. The van der Waals surface area contributed by atoms with Crippen LogP contribution in [0, 0.1) is 5.92 Å². The number of nitrogens with zero attached hydrogens (tertiary/aromatic N) is 2. The van der Waals surface area contributed by atoms with Crippen molar-refractivity contribution in [3.8, 4) is 0 Å². The van der Waals surface area contributed by atoms with Crippen LogP contribution in [-0.4, -0.2) is 19.0 Å². The van der Waals surface area contributed by atoms with Gasteiger partial charge in [0.2, 0.25) is 0 Å². The topological polar surface area (TPSA) is 36.8 Å². The minimum atomic E-state index is 0.467. The maximum absolute atomic E-state index is 4.38. The van der Waals surface area contributed by atoms with Gasteiger partial charge < -0.3 is 5.32 Å². The summed E-state index contributed by atoms with van der Waals surface area (Å²) < 4.78 is 0. The highest BCUT2D eigenvalue weighted by Gasteiger charge is 2.05. The summed E-state index contributed by atoms with van der Waals surface area (Å²) in [7, 11) is 1.81. The highest BCUT2D eigenvalue weighted by atomic mass is 14.9. The largest absolute Gasteiger partial charge is 0.359 e. The summed E-state index contributed by atoms with van der Waals surface area (Å²) in [6.45, 7) is 6.29. The van der Waals surface area contributed by atoms with Crippen LogP contribution < -0.4 is 5.32 Å². The molecule has 0 aromatic rings. The van der Waals surface area contributed by atoms with Gasteiger partial charge in [0.1, 0.15) is 0 Å². The molecule has 0 saturated heterocycles. The van der Waals surface area contributed by atoms with Crippen molar-refractivity contribution >= 4 is 11.9 Å². The first-order valence-electron chi connectivity index (χ1n) is 5.26. The Balaban J connectivity index is 2.55. The maximum atomic E-state index is 4.38. The Labute approximate surface area is 91.7 Å². The zero-order valence-electron chi connectivity index (χ0n) is 9.91. The Morgan fingerprint density at radius 2 is 2.33 bits per heavy atom. The summed E-state index contributed by atoms with van der Waals surface area (Å²) in [5, 5.41) is 3.22. The van der Waals surface area contributed by atoms with Crippen molar-refractivity contribution in [2.75, 3.05) is 7.05 Å².